The quantitative estimate of drug-likeness (QED) is 0.909. The summed E-state index contributed by atoms with van der Waals surface area (Å²) < 4.78 is 5.27. The second-order valence-electron chi connectivity index (χ2n) is 5.47. The third-order valence-corrected chi connectivity index (χ3v) is 2.47. The van der Waals surface area contributed by atoms with E-state index in [1.807, 2.05) is 39.8 Å². The highest BCUT2D eigenvalue weighted by molar-refractivity contribution is 5.67. The van der Waals surface area contributed by atoms with Gasteiger partial charge in [-0.2, -0.15) is 0 Å². The van der Waals surface area contributed by atoms with Crippen molar-refractivity contribution in [2.75, 3.05) is 25.5 Å². The molecule has 0 radical (unpaired) electrons. The number of pyridine rings is 1. The highest BCUT2D eigenvalue weighted by atomic mass is 16.6. The molecule has 0 spiro atoms. The molecule has 0 aliphatic rings. The summed E-state index contributed by atoms with van der Waals surface area (Å²) in [4.78, 5) is 17.5. The molecule has 0 saturated heterocycles. The molecule has 1 rings (SSSR count). The molecule has 0 aliphatic carbocycles. The Morgan fingerprint density at radius 3 is 2.74 bits per heavy atom. The summed E-state index contributed by atoms with van der Waals surface area (Å²) in [7, 11) is 1.73. The average molecular weight is 265 g/mol. The monoisotopic (exact) mass is 265 g/mol. The molecular formula is C14H23N3O2. The number of aryl methyl sites for hydroxylation is 1. The van der Waals surface area contributed by atoms with Crippen molar-refractivity contribution in [2.45, 2.75) is 33.3 Å². The molecule has 1 amide bonds. The van der Waals surface area contributed by atoms with Crippen LogP contribution in [0, 0.1) is 6.92 Å². The van der Waals surface area contributed by atoms with Crippen molar-refractivity contribution in [3.8, 4) is 0 Å². The van der Waals surface area contributed by atoms with Crippen LogP contribution in [0.15, 0.2) is 18.3 Å². The summed E-state index contributed by atoms with van der Waals surface area (Å²) in [6.45, 7) is 8.74. The molecule has 0 atom stereocenters. The second kappa shape index (κ2) is 6.41. The smallest absolute Gasteiger partial charge is 0.410 e. The van der Waals surface area contributed by atoms with Crippen LogP contribution in [0.1, 0.15) is 26.5 Å². The van der Waals surface area contributed by atoms with Gasteiger partial charge in [-0.15, -0.1) is 0 Å². The van der Waals surface area contributed by atoms with Gasteiger partial charge in [-0.05, 0) is 39.8 Å². The minimum atomic E-state index is -0.460. The Morgan fingerprint density at radius 2 is 2.16 bits per heavy atom. The topological polar surface area (TPSA) is 54.5 Å². The van der Waals surface area contributed by atoms with Gasteiger partial charge in [-0.25, -0.2) is 4.79 Å². The van der Waals surface area contributed by atoms with Crippen LogP contribution in [0.3, 0.4) is 0 Å². The molecule has 0 aromatic carbocycles. The van der Waals surface area contributed by atoms with Gasteiger partial charge >= 0.3 is 6.09 Å². The normalized spacial score (nSPS) is 11.0. The predicted octanol–water partition coefficient (Wildman–Crippen LogP) is 2.67. The summed E-state index contributed by atoms with van der Waals surface area (Å²) in [6.07, 6.45) is 1.45. The lowest BCUT2D eigenvalue weighted by Gasteiger charge is -2.24. The maximum Gasteiger partial charge on any atom is 0.410 e. The Kier molecular flexibility index (Phi) is 5.15. The van der Waals surface area contributed by atoms with Crippen molar-refractivity contribution in [3.05, 3.63) is 24.0 Å². The Hall–Kier alpha value is -1.78. The average Bonchev–Trinajstić information content (AvgIpc) is 2.29. The summed E-state index contributed by atoms with van der Waals surface area (Å²) in [5, 5.41) is 3.25. The highest BCUT2D eigenvalue weighted by Gasteiger charge is 2.19. The van der Waals surface area contributed by atoms with Crippen LogP contribution in [-0.4, -0.2) is 41.7 Å². The standard InChI is InChI=1S/C14H23N3O2/c1-11-12(7-6-8-15-11)16-9-10-17(5)13(18)19-14(2,3)4/h6-8,16H,9-10H2,1-5H3. The maximum atomic E-state index is 11.7. The van der Waals surface area contributed by atoms with Gasteiger partial charge in [-0.3, -0.25) is 4.98 Å². The molecule has 0 saturated carbocycles. The number of anilines is 1. The SMILES string of the molecule is Cc1ncccc1NCCN(C)C(=O)OC(C)(C)C. The van der Waals surface area contributed by atoms with E-state index in [4.69, 9.17) is 4.74 Å². The molecule has 0 aliphatic heterocycles. The van der Waals surface area contributed by atoms with Crippen LogP contribution in [0.4, 0.5) is 10.5 Å². The number of hydrogen-bond acceptors (Lipinski definition) is 4. The van der Waals surface area contributed by atoms with E-state index in [0.717, 1.165) is 11.4 Å². The fourth-order valence-electron chi connectivity index (χ4n) is 1.46. The molecule has 19 heavy (non-hydrogen) atoms. The number of rotatable bonds is 4. The first-order chi connectivity index (χ1) is 8.79. The summed E-state index contributed by atoms with van der Waals surface area (Å²) in [5.41, 5.74) is 1.47. The lowest BCUT2D eigenvalue weighted by Crippen LogP contribution is -2.36. The largest absolute Gasteiger partial charge is 0.444 e. The fourth-order valence-corrected chi connectivity index (χ4v) is 1.46. The van der Waals surface area contributed by atoms with Gasteiger partial charge < -0.3 is 15.0 Å². The number of nitrogens with zero attached hydrogens (tertiary/aromatic N) is 2. The van der Waals surface area contributed by atoms with Crippen LogP contribution in [-0.2, 0) is 4.74 Å². The van der Waals surface area contributed by atoms with E-state index in [-0.39, 0.29) is 6.09 Å². The summed E-state index contributed by atoms with van der Waals surface area (Å²) in [5.74, 6) is 0. The minimum Gasteiger partial charge on any atom is -0.444 e. The lowest BCUT2D eigenvalue weighted by atomic mass is 10.2. The molecule has 1 aromatic heterocycles. The Balaban J connectivity index is 2.37. The third-order valence-electron chi connectivity index (χ3n) is 2.47. The van der Waals surface area contributed by atoms with Crippen molar-refractivity contribution in [1.82, 2.24) is 9.88 Å². The molecule has 1 N–H and O–H groups in total. The van der Waals surface area contributed by atoms with E-state index in [9.17, 15) is 4.79 Å². The molecule has 5 heteroatoms. The number of aromatic nitrogens is 1. The molecule has 5 nitrogen and oxygen atoms in total. The molecule has 0 fully saturated rings. The molecule has 106 valence electrons. The first-order valence-electron chi connectivity index (χ1n) is 6.39. The van der Waals surface area contributed by atoms with E-state index >= 15 is 0 Å². The van der Waals surface area contributed by atoms with Gasteiger partial charge in [0.25, 0.3) is 0 Å². The van der Waals surface area contributed by atoms with Crippen LogP contribution in [0.5, 0.6) is 0 Å². The Labute approximate surface area is 115 Å². The Morgan fingerprint density at radius 1 is 1.47 bits per heavy atom. The highest BCUT2D eigenvalue weighted by Crippen LogP contribution is 2.11. The van der Waals surface area contributed by atoms with Gasteiger partial charge in [0.05, 0.1) is 11.4 Å². The van der Waals surface area contributed by atoms with Crippen LogP contribution in [0.25, 0.3) is 0 Å². The van der Waals surface area contributed by atoms with Crippen molar-refractivity contribution >= 4 is 11.8 Å². The number of ether oxygens (including phenoxy) is 1. The van der Waals surface area contributed by atoms with Crippen molar-refractivity contribution in [1.29, 1.82) is 0 Å². The second-order valence-corrected chi connectivity index (χ2v) is 5.47. The maximum absolute atomic E-state index is 11.7. The van der Waals surface area contributed by atoms with E-state index in [1.165, 1.54) is 0 Å². The van der Waals surface area contributed by atoms with E-state index in [2.05, 4.69) is 10.3 Å². The minimum absolute atomic E-state index is 0.308. The van der Waals surface area contributed by atoms with Crippen LogP contribution >= 0.6 is 0 Å². The number of amides is 1. The fraction of sp³-hybridized carbons (Fsp3) is 0.571. The van der Waals surface area contributed by atoms with Crippen LogP contribution < -0.4 is 5.32 Å². The zero-order valence-electron chi connectivity index (χ0n) is 12.4. The van der Waals surface area contributed by atoms with Crippen molar-refractivity contribution in [2.24, 2.45) is 0 Å². The van der Waals surface area contributed by atoms with E-state index in [1.54, 1.807) is 18.1 Å². The first kappa shape index (κ1) is 15.3. The van der Waals surface area contributed by atoms with E-state index in [0.29, 0.717) is 13.1 Å². The molecule has 1 aromatic rings. The Bertz CT molecular complexity index is 427. The zero-order chi connectivity index (χ0) is 14.5. The predicted molar refractivity (Wildman–Crippen MR) is 76.3 cm³/mol. The number of carbonyl (C=O) groups is 1. The van der Waals surface area contributed by atoms with Gasteiger partial charge in [0.15, 0.2) is 0 Å². The first-order valence-corrected chi connectivity index (χ1v) is 6.39. The summed E-state index contributed by atoms with van der Waals surface area (Å²) >= 11 is 0. The van der Waals surface area contributed by atoms with E-state index < -0.39 is 5.60 Å². The number of likely N-dealkylation sites (N-methyl/N-ethyl adjacent to an activating group) is 1. The third kappa shape index (κ3) is 5.59. The number of carbonyl (C=O) groups excluding carboxylic acids is 1. The number of hydrogen-bond donors (Lipinski definition) is 1. The molecule has 0 unspecified atom stereocenters. The van der Waals surface area contributed by atoms with Gasteiger partial charge in [-0.1, -0.05) is 0 Å². The molecule has 1 heterocycles. The van der Waals surface area contributed by atoms with Gasteiger partial charge in [0.2, 0.25) is 0 Å². The summed E-state index contributed by atoms with van der Waals surface area (Å²) in [6, 6.07) is 3.85. The van der Waals surface area contributed by atoms with Crippen molar-refractivity contribution < 1.29 is 9.53 Å². The lowest BCUT2D eigenvalue weighted by molar-refractivity contribution is 0.0305. The van der Waals surface area contributed by atoms with Crippen molar-refractivity contribution in [3.63, 3.8) is 0 Å². The number of nitrogens with one attached hydrogen (secondary N) is 1. The molecule has 0 bridgehead atoms. The van der Waals surface area contributed by atoms with Gasteiger partial charge in [0.1, 0.15) is 5.60 Å². The molecular weight excluding hydrogens is 242 g/mol. The van der Waals surface area contributed by atoms with Gasteiger partial charge in [0, 0.05) is 26.3 Å². The van der Waals surface area contributed by atoms with Crippen LogP contribution in [0.2, 0.25) is 0 Å². The zero-order valence-corrected chi connectivity index (χ0v) is 12.4.